The first-order chi connectivity index (χ1) is 16.6. The second-order valence-corrected chi connectivity index (χ2v) is 7.67. The monoisotopic (exact) mass is 451 g/mol. The van der Waals surface area contributed by atoms with E-state index in [4.69, 9.17) is 4.74 Å². The van der Waals surface area contributed by atoms with E-state index in [1.807, 2.05) is 85.8 Å². The van der Waals surface area contributed by atoms with Crippen LogP contribution in [0.15, 0.2) is 103 Å². The molecular weight excluding hydrogens is 426 g/mol. The fourth-order valence-corrected chi connectivity index (χ4v) is 3.36. The quantitative estimate of drug-likeness (QED) is 0.307. The van der Waals surface area contributed by atoms with Crippen LogP contribution in [0.2, 0.25) is 0 Å². The standard InChI is InChI=1S/C28H25N3O3/c1-20-9-5-8-14-26(20)34-19-27(32)31-25-13-7-6-12-24(25)28(33)30-23-17-15-22(16-18-23)29-21-10-3-2-4-11-21/h2-18,29H,19H2,1H3,(H,30,33)(H,31,32). The number of hydrogen-bond donors (Lipinski definition) is 3. The molecule has 0 aliphatic heterocycles. The number of amides is 2. The molecule has 0 saturated carbocycles. The van der Waals surface area contributed by atoms with Crippen LogP contribution in [0.4, 0.5) is 22.7 Å². The number of aryl methyl sites for hydroxylation is 1. The summed E-state index contributed by atoms with van der Waals surface area (Å²) >= 11 is 0. The van der Waals surface area contributed by atoms with E-state index in [9.17, 15) is 9.59 Å². The van der Waals surface area contributed by atoms with Gasteiger partial charge in [0.05, 0.1) is 11.3 Å². The summed E-state index contributed by atoms with van der Waals surface area (Å²) in [5, 5.41) is 8.95. The Hall–Kier alpha value is -4.58. The third-order valence-electron chi connectivity index (χ3n) is 5.10. The highest BCUT2D eigenvalue weighted by atomic mass is 16.5. The topological polar surface area (TPSA) is 79.5 Å². The fourth-order valence-electron chi connectivity index (χ4n) is 3.36. The third-order valence-corrected chi connectivity index (χ3v) is 5.10. The predicted octanol–water partition coefficient (Wildman–Crippen LogP) is 6.01. The van der Waals surface area contributed by atoms with E-state index in [0.29, 0.717) is 22.7 Å². The molecule has 0 bridgehead atoms. The Balaban J connectivity index is 1.37. The van der Waals surface area contributed by atoms with Crippen LogP contribution in [-0.2, 0) is 4.79 Å². The molecule has 0 fully saturated rings. The van der Waals surface area contributed by atoms with Gasteiger partial charge in [-0.3, -0.25) is 9.59 Å². The maximum Gasteiger partial charge on any atom is 0.262 e. The number of para-hydroxylation sites is 3. The van der Waals surface area contributed by atoms with Crippen molar-refractivity contribution < 1.29 is 14.3 Å². The zero-order valence-electron chi connectivity index (χ0n) is 18.7. The van der Waals surface area contributed by atoms with Crippen molar-refractivity contribution in [3.63, 3.8) is 0 Å². The van der Waals surface area contributed by atoms with Crippen LogP contribution in [0.5, 0.6) is 5.75 Å². The Morgan fingerprint density at radius 2 is 1.29 bits per heavy atom. The van der Waals surface area contributed by atoms with Crippen molar-refractivity contribution >= 4 is 34.6 Å². The lowest BCUT2D eigenvalue weighted by Gasteiger charge is -2.13. The smallest absolute Gasteiger partial charge is 0.262 e. The highest BCUT2D eigenvalue weighted by molar-refractivity contribution is 6.10. The third kappa shape index (κ3) is 6.01. The molecule has 0 spiro atoms. The van der Waals surface area contributed by atoms with Crippen LogP contribution >= 0.6 is 0 Å². The zero-order valence-corrected chi connectivity index (χ0v) is 18.7. The molecule has 0 saturated heterocycles. The Morgan fingerprint density at radius 3 is 2.06 bits per heavy atom. The molecule has 0 aromatic heterocycles. The molecule has 4 aromatic rings. The molecule has 6 nitrogen and oxygen atoms in total. The maximum atomic E-state index is 12.9. The van der Waals surface area contributed by atoms with Crippen molar-refractivity contribution in [3.05, 3.63) is 114 Å². The average molecular weight is 452 g/mol. The van der Waals surface area contributed by atoms with Crippen molar-refractivity contribution in [2.75, 3.05) is 22.6 Å². The Labute approximate surface area is 198 Å². The molecule has 170 valence electrons. The molecular formula is C28H25N3O3. The molecule has 4 aromatic carbocycles. The Morgan fingerprint density at radius 1 is 0.676 bits per heavy atom. The van der Waals surface area contributed by atoms with Crippen LogP contribution in [0.1, 0.15) is 15.9 Å². The summed E-state index contributed by atoms with van der Waals surface area (Å²) in [5.74, 6) is -0.0202. The number of carbonyl (C=O) groups excluding carboxylic acids is 2. The van der Waals surface area contributed by atoms with E-state index < -0.39 is 0 Å². The van der Waals surface area contributed by atoms with Crippen molar-refractivity contribution in [1.29, 1.82) is 0 Å². The second kappa shape index (κ2) is 10.8. The lowest BCUT2D eigenvalue weighted by molar-refractivity contribution is -0.118. The highest BCUT2D eigenvalue weighted by Crippen LogP contribution is 2.21. The van der Waals surface area contributed by atoms with Crippen molar-refractivity contribution in [1.82, 2.24) is 0 Å². The number of rotatable bonds is 8. The van der Waals surface area contributed by atoms with E-state index in [1.54, 1.807) is 24.3 Å². The molecule has 0 heterocycles. The molecule has 2 amide bonds. The molecule has 4 rings (SSSR count). The van der Waals surface area contributed by atoms with Gasteiger partial charge in [0.25, 0.3) is 11.8 Å². The van der Waals surface area contributed by atoms with Gasteiger partial charge in [0.2, 0.25) is 0 Å². The largest absolute Gasteiger partial charge is 0.483 e. The SMILES string of the molecule is Cc1ccccc1OCC(=O)Nc1ccccc1C(=O)Nc1ccc(Nc2ccccc2)cc1. The predicted molar refractivity (Wildman–Crippen MR) is 136 cm³/mol. The minimum Gasteiger partial charge on any atom is -0.483 e. The Kier molecular flexibility index (Phi) is 7.20. The summed E-state index contributed by atoms with van der Waals surface area (Å²) in [6.45, 7) is 1.76. The van der Waals surface area contributed by atoms with Gasteiger partial charge in [0.15, 0.2) is 6.61 Å². The van der Waals surface area contributed by atoms with Crippen LogP contribution in [0, 0.1) is 6.92 Å². The van der Waals surface area contributed by atoms with Gasteiger partial charge in [0, 0.05) is 17.1 Å². The summed E-state index contributed by atoms with van der Waals surface area (Å²) in [4.78, 5) is 25.4. The Bertz CT molecular complexity index is 1270. The van der Waals surface area contributed by atoms with E-state index in [0.717, 1.165) is 16.9 Å². The average Bonchev–Trinajstić information content (AvgIpc) is 2.86. The fraction of sp³-hybridized carbons (Fsp3) is 0.0714. The summed E-state index contributed by atoms with van der Waals surface area (Å²) in [5.41, 5.74) is 4.26. The number of anilines is 4. The second-order valence-electron chi connectivity index (χ2n) is 7.67. The molecule has 0 aliphatic rings. The number of benzene rings is 4. The van der Waals surface area contributed by atoms with Gasteiger partial charge in [-0.15, -0.1) is 0 Å². The van der Waals surface area contributed by atoms with E-state index in [2.05, 4.69) is 16.0 Å². The maximum absolute atomic E-state index is 12.9. The minimum absolute atomic E-state index is 0.156. The van der Waals surface area contributed by atoms with E-state index in [1.165, 1.54) is 0 Å². The van der Waals surface area contributed by atoms with E-state index in [-0.39, 0.29) is 18.4 Å². The van der Waals surface area contributed by atoms with Gasteiger partial charge in [-0.1, -0.05) is 48.5 Å². The molecule has 0 aliphatic carbocycles. The number of carbonyl (C=O) groups is 2. The normalized spacial score (nSPS) is 10.3. The van der Waals surface area contributed by atoms with E-state index >= 15 is 0 Å². The summed E-state index contributed by atoms with van der Waals surface area (Å²) in [7, 11) is 0. The van der Waals surface area contributed by atoms with Crippen LogP contribution in [0.3, 0.4) is 0 Å². The van der Waals surface area contributed by atoms with Gasteiger partial charge >= 0.3 is 0 Å². The van der Waals surface area contributed by atoms with Crippen LogP contribution in [0.25, 0.3) is 0 Å². The zero-order chi connectivity index (χ0) is 23.8. The molecule has 0 radical (unpaired) electrons. The van der Waals surface area contributed by atoms with Crippen molar-refractivity contribution in [2.24, 2.45) is 0 Å². The highest BCUT2D eigenvalue weighted by Gasteiger charge is 2.14. The first kappa shape index (κ1) is 22.6. The van der Waals surface area contributed by atoms with Gasteiger partial charge in [0.1, 0.15) is 5.75 Å². The van der Waals surface area contributed by atoms with Gasteiger partial charge in [-0.2, -0.15) is 0 Å². The van der Waals surface area contributed by atoms with Crippen LogP contribution < -0.4 is 20.7 Å². The van der Waals surface area contributed by atoms with Crippen molar-refractivity contribution in [2.45, 2.75) is 6.92 Å². The summed E-state index contributed by atoms with van der Waals surface area (Å²) < 4.78 is 5.60. The van der Waals surface area contributed by atoms with Crippen molar-refractivity contribution in [3.8, 4) is 5.75 Å². The first-order valence-corrected chi connectivity index (χ1v) is 10.9. The summed E-state index contributed by atoms with van der Waals surface area (Å²) in [6.07, 6.45) is 0. The number of ether oxygens (including phenoxy) is 1. The lowest BCUT2D eigenvalue weighted by Crippen LogP contribution is -2.23. The molecule has 3 N–H and O–H groups in total. The van der Waals surface area contributed by atoms with Crippen LogP contribution in [-0.4, -0.2) is 18.4 Å². The first-order valence-electron chi connectivity index (χ1n) is 10.9. The van der Waals surface area contributed by atoms with Gasteiger partial charge < -0.3 is 20.7 Å². The summed E-state index contributed by atoms with van der Waals surface area (Å²) in [6, 6.07) is 31.6. The molecule has 0 unspecified atom stereocenters. The van der Waals surface area contributed by atoms with Gasteiger partial charge in [-0.25, -0.2) is 0 Å². The molecule has 0 atom stereocenters. The minimum atomic E-state index is -0.347. The lowest BCUT2D eigenvalue weighted by atomic mass is 10.1. The molecule has 6 heteroatoms. The van der Waals surface area contributed by atoms with Gasteiger partial charge in [-0.05, 0) is 67.1 Å². The number of nitrogens with one attached hydrogen (secondary N) is 3. The molecule has 34 heavy (non-hydrogen) atoms. The number of hydrogen-bond acceptors (Lipinski definition) is 4.